The van der Waals surface area contributed by atoms with Crippen LogP contribution in [0.3, 0.4) is 0 Å². The predicted octanol–water partition coefficient (Wildman–Crippen LogP) is 4.64. The lowest BCUT2D eigenvalue weighted by atomic mass is 10.0. The summed E-state index contributed by atoms with van der Waals surface area (Å²) in [7, 11) is 3.33. The number of aryl methyl sites for hydroxylation is 1. The Hall–Kier alpha value is -2.79. The van der Waals surface area contributed by atoms with Gasteiger partial charge < -0.3 is 14.0 Å². The topological polar surface area (TPSA) is 26.6 Å². The van der Waals surface area contributed by atoms with Crippen LogP contribution >= 0.6 is 0 Å². The van der Waals surface area contributed by atoms with Gasteiger partial charge in [-0.15, -0.1) is 0 Å². The number of benzene rings is 2. The molecule has 0 bridgehead atoms. The largest absolute Gasteiger partial charge is 0.493 e. The molecule has 0 spiro atoms. The molecule has 28 heavy (non-hydrogen) atoms. The summed E-state index contributed by atoms with van der Waals surface area (Å²) in [5, 5.41) is 0. The molecule has 0 fully saturated rings. The summed E-state index contributed by atoms with van der Waals surface area (Å²) in [6.45, 7) is 2.63. The maximum atomic E-state index is 13.5. The Morgan fingerprint density at radius 2 is 1.79 bits per heavy atom. The molecule has 1 aliphatic rings. The molecule has 2 heterocycles. The fourth-order valence-corrected chi connectivity index (χ4v) is 4.13. The SMILES string of the molecule is COc1cccc(CN2CCCn3cccc3[C@H]2c2ccc(F)cc2)c1OC. The number of ether oxygens (including phenoxy) is 2. The normalized spacial score (nSPS) is 17.0. The number of halogens is 1. The first kappa shape index (κ1) is 18.6. The number of nitrogens with zero attached hydrogens (tertiary/aromatic N) is 2. The zero-order chi connectivity index (χ0) is 19.5. The monoisotopic (exact) mass is 380 g/mol. The van der Waals surface area contributed by atoms with E-state index in [2.05, 4.69) is 33.9 Å². The lowest BCUT2D eigenvalue weighted by Crippen LogP contribution is -2.29. The van der Waals surface area contributed by atoms with E-state index >= 15 is 0 Å². The first-order valence-corrected chi connectivity index (χ1v) is 9.55. The molecule has 1 aliphatic heterocycles. The molecule has 0 amide bonds. The van der Waals surface area contributed by atoms with Crippen molar-refractivity contribution in [3.05, 3.63) is 83.4 Å². The standard InChI is InChI=1S/C23H25FN2O2/c1-27-21-8-3-6-18(23(21)28-2)16-26-15-5-14-25-13-4-7-20(25)22(26)17-9-11-19(24)12-10-17/h3-4,6-13,22H,5,14-16H2,1-2H3/t22-/m1/s1. The molecule has 0 saturated carbocycles. The minimum atomic E-state index is -0.214. The number of para-hydroxylation sites is 1. The zero-order valence-corrected chi connectivity index (χ0v) is 16.3. The maximum Gasteiger partial charge on any atom is 0.165 e. The van der Waals surface area contributed by atoms with Crippen molar-refractivity contribution in [1.82, 2.24) is 9.47 Å². The van der Waals surface area contributed by atoms with Crippen LogP contribution in [-0.4, -0.2) is 30.2 Å². The summed E-state index contributed by atoms with van der Waals surface area (Å²) >= 11 is 0. The van der Waals surface area contributed by atoms with Crippen LogP contribution in [0.25, 0.3) is 0 Å². The van der Waals surface area contributed by atoms with Gasteiger partial charge in [-0.1, -0.05) is 24.3 Å². The molecule has 2 aromatic carbocycles. The van der Waals surface area contributed by atoms with Gasteiger partial charge in [0, 0.05) is 37.1 Å². The van der Waals surface area contributed by atoms with E-state index in [1.807, 2.05) is 24.3 Å². The summed E-state index contributed by atoms with van der Waals surface area (Å²) in [5.41, 5.74) is 3.39. The number of methoxy groups -OCH3 is 2. The van der Waals surface area contributed by atoms with E-state index < -0.39 is 0 Å². The van der Waals surface area contributed by atoms with Crippen molar-refractivity contribution in [3.8, 4) is 11.5 Å². The maximum absolute atomic E-state index is 13.5. The fraction of sp³-hybridized carbons (Fsp3) is 0.304. The van der Waals surface area contributed by atoms with Crippen molar-refractivity contribution in [1.29, 1.82) is 0 Å². The third kappa shape index (κ3) is 3.50. The second-order valence-corrected chi connectivity index (χ2v) is 7.06. The average Bonchev–Trinajstić information content (AvgIpc) is 3.10. The van der Waals surface area contributed by atoms with E-state index in [9.17, 15) is 4.39 Å². The zero-order valence-electron chi connectivity index (χ0n) is 16.3. The molecular weight excluding hydrogens is 355 g/mol. The van der Waals surface area contributed by atoms with Crippen molar-refractivity contribution in [3.63, 3.8) is 0 Å². The Bertz CT molecular complexity index is 936. The second-order valence-electron chi connectivity index (χ2n) is 7.06. The van der Waals surface area contributed by atoms with Gasteiger partial charge in [-0.25, -0.2) is 4.39 Å². The summed E-state index contributed by atoms with van der Waals surface area (Å²) in [4.78, 5) is 2.43. The summed E-state index contributed by atoms with van der Waals surface area (Å²) in [5.74, 6) is 1.28. The third-order valence-corrected chi connectivity index (χ3v) is 5.40. The highest BCUT2D eigenvalue weighted by Gasteiger charge is 2.28. The molecule has 146 valence electrons. The van der Waals surface area contributed by atoms with E-state index in [1.165, 1.54) is 17.8 Å². The number of aromatic nitrogens is 1. The van der Waals surface area contributed by atoms with Gasteiger partial charge in [0.25, 0.3) is 0 Å². The first-order chi connectivity index (χ1) is 13.7. The van der Waals surface area contributed by atoms with E-state index in [-0.39, 0.29) is 11.9 Å². The highest BCUT2D eigenvalue weighted by Crippen LogP contribution is 2.37. The van der Waals surface area contributed by atoms with Crippen LogP contribution in [0.2, 0.25) is 0 Å². The predicted molar refractivity (Wildman–Crippen MR) is 107 cm³/mol. The Balaban J connectivity index is 1.75. The van der Waals surface area contributed by atoms with Crippen molar-refractivity contribution in [2.45, 2.75) is 25.6 Å². The molecule has 0 unspecified atom stereocenters. The third-order valence-electron chi connectivity index (χ3n) is 5.40. The second kappa shape index (κ2) is 8.07. The van der Waals surface area contributed by atoms with Crippen molar-refractivity contribution in [2.75, 3.05) is 20.8 Å². The van der Waals surface area contributed by atoms with Crippen molar-refractivity contribution in [2.24, 2.45) is 0 Å². The van der Waals surface area contributed by atoms with E-state index in [0.717, 1.165) is 42.1 Å². The molecule has 0 saturated heterocycles. The summed E-state index contributed by atoms with van der Waals surface area (Å²) in [6.07, 6.45) is 3.17. The Morgan fingerprint density at radius 3 is 2.54 bits per heavy atom. The van der Waals surface area contributed by atoms with E-state index in [1.54, 1.807) is 14.2 Å². The number of fused-ring (bicyclic) bond motifs is 1. The molecule has 0 aliphatic carbocycles. The molecule has 0 N–H and O–H groups in total. The molecule has 3 aromatic rings. The summed E-state index contributed by atoms with van der Waals surface area (Å²) < 4.78 is 27.0. The minimum Gasteiger partial charge on any atom is -0.493 e. The quantitative estimate of drug-likeness (QED) is 0.645. The van der Waals surface area contributed by atoms with Crippen LogP contribution in [-0.2, 0) is 13.1 Å². The Labute approximate surface area is 165 Å². The number of rotatable bonds is 5. The molecule has 5 heteroatoms. The van der Waals surface area contributed by atoms with Gasteiger partial charge in [-0.05, 0) is 42.3 Å². The minimum absolute atomic E-state index is 0.0500. The molecule has 4 nitrogen and oxygen atoms in total. The molecule has 1 aromatic heterocycles. The van der Waals surface area contributed by atoms with E-state index in [0.29, 0.717) is 6.54 Å². The first-order valence-electron chi connectivity index (χ1n) is 9.55. The van der Waals surface area contributed by atoms with Gasteiger partial charge in [0.1, 0.15) is 5.82 Å². The van der Waals surface area contributed by atoms with Crippen LogP contribution in [0.15, 0.2) is 60.8 Å². The van der Waals surface area contributed by atoms with Gasteiger partial charge >= 0.3 is 0 Å². The van der Waals surface area contributed by atoms with Gasteiger partial charge in [-0.2, -0.15) is 0 Å². The highest BCUT2D eigenvalue weighted by atomic mass is 19.1. The molecule has 4 rings (SSSR count). The van der Waals surface area contributed by atoms with Crippen molar-refractivity contribution < 1.29 is 13.9 Å². The lowest BCUT2D eigenvalue weighted by molar-refractivity contribution is 0.216. The Morgan fingerprint density at radius 1 is 0.964 bits per heavy atom. The van der Waals surface area contributed by atoms with Crippen LogP contribution in [0.5, 0.6) is 11.5 Å². The van der Waals surface area contributed by atoms with Crippen molar-refractivity contribution >= 4 is 0 Å². The van der Waals surface area contributed by atoms with Crippen LogP contribution in [0, 0.1) is 5.82 Å². The van der Waals surface area contributed by atoms with Gasteiger partial charge in [-0.3, -0.25) is 4.90 Å². The molecule has 1 atom stereocenters. The average molecular weight is 380 g/mol. The highest BCUT2D eigenvalue weighted by molar-refractivity contribution is 5.46. The molecular formula is C23H25FN2O2. The van der Waals surface area contributed by atoms with Gasteiger partial charge in [0.15, 0.2) is 11.5 Å². The lowest BCUT2D eigenvalue weighted by Gasteiger charge is -2.31. The number of hydrogen-bond donors (Lipinski definition) is 0. The smallest absolute Gasteiger partial charge is 0.165 e. The number of hydrogen-bond acceptors (Lipinski definition) is 3. The van der Waals surface area contributed by atoms with Crippen LogP contribution < -0.4 is 9.47 Å². The van der Waals surface area contributed by atoms with Gasteiger partial charge in [0.2, 0.25) is 0 Å². The van der Waals surface area contributed by atoms with Crippen LogP contribution in [0.4, 0.5) is 4.39 Å². The summed E-state index contributed by atoms with van der Waals surface area (Å²) in [6, 6.07) is 17.1. The Kier molecular flexibility index (Phi) is 5.35. The van der Waals surface area contributed by atoms with E-state index in [4.69, 9.17) is 9.47 Å². The van der Waals surface area contributed by atoms with Crippen LogP contribution in [0.1, 0.15) is 29.3 Å². The van der Waals surface area contributed by atoms with Gasteiger partial charge in [0.05, 0.1) is 20.3 Å². The fourth-order valence-electron chi connectivity index (χ4n) is 4.13. The molecule has 0 radical (unpaired) electrons.